The second-order valence-corrected chi connectivity index (χ2v) is 7.02. The molecule has 28 heavy (non-hydrogen) atoms. The minimum absolute atomic E-state index is 0.0400. The molecule has 148 valence electrons. The van der Waals surface area contributed by atoms with Crippen LogP contribution < -0.4 is 10.6 Å². The fourth-order valence-corrected chi connectivity index (χ4v) is 3.05. The van der Waals surface area contributed by atoms with Crippen molar-refractivity contribution in [1.82, 2.24) is 10.3 Å². The van der Waals surface area contributed by atoms with Crippen LogP contribution in [0.3, 0.4) is 0 Å². The normalized spacial score (nSPS) is 10.3. The van der Waals surface area contributed by atoms with Crippen molar-refractivity contribution < 1.29 is 19.1 Å². The van der Waals surface area contributed by atoms with Crippen LogP contribution in [0.2, 0.25) is 0 Å². The lowest BCUT2D eigenvalue weighted by atomic mass is 10.1. The van der Waals surface area contributed by atoms with Crippen molar-refractivity contribution in [2.24, 2.45) is 0 Å². The highest BCUT2D eigenvalue weighted by Crippen LogP contribution is 2.29. The van der Waals surface area contributed by atoms with E-state index in [1.54, 1.807) is 38.1 Å². The Labute approximate surface area is 172 Å². The van der Waals surface area contributed by atoms with Crippen LogP contribution in [0.15, 0.2) is 28.7 Å². The fourth-order valence-electron chi connectivity index (χ4n) is 2.56. The number of nitrogens with one attached hydrogen (secondary N) is 2. The number of pyridine rings is 1. The van der Waals surface area contributed by atoms with Crippen molar-refractivity contribution >= 4 is 39.4 Å². The van der Waals surface area contributed by atoms with E-state index in [0.717, 1.165) is 6.42 Å². The van der Waals surface area contributed by atoms with Crippen molar-refractivity contribution in [3.63, 3.8) is 0 Å². The van der Waals surface area contributed by atoms with Crippen LogP contribution in [0.1, 0.15) is 55.8 Å². The predicted octanol–water partition coefficient (Wildman–Crippen LogP) is 3.64. The molecule has 0 aliphatic heterocycles. The van der Waals surface area contributed by atoms with E-state index in [1.807, 2.05) is 6.92 Å². The van der Waals surface area contributed by atoms with Crippen molar-refractivity contribution in [2.75, 3.05) is 19.0 Å². The van der Waals surface area contributed by atoms with E-state index in [0.29, 0.717) is 28.0 Å². The number of ether oxygens (including phenoxy) is 1. The van der Waals surface area contributed by atoms with Crippen LogP contribution in [-0.2, 0) is 4.74 Å². The molecule has 0 atom stereocenters. The van der Waals surface area contributed by atoms with E-state index in [-0.39, 0.29) is 16.8 Å². The maximum absolute atomic E-state index is 13.0. The zero-order chi connectivity index (χ0) is 20.8. The second kappa shape index (κ2) is 9.45. The number of nitrogens with zero attached hydrogens (tertiary/aromatic N) is 1. The first-order chi connectivity index (χ1) is 13.3. The number of anilines is 1. The summed E-state index contributed by atoms with van der Waals surface area (Å²) in [5, 5.41) is 5.46. The van der Waals surface area contributed by atoms with Crippen LogP contribution in [-0.4, -0.2) is 36.4 Å². The number of esters is 1. The smallest absolute Gasteiger partial charge is 0.341 e. The number of rotatable bonds is 6. The van der Waals surface area contributed by atoms with Crippen LogP contribution in [0.25, 0.3) is 0 Å². The monoisotopic (exact) mass is 447 g/mol. The van der Waals surface area contributed by atoms with Crippen molar-refractivity contribution in [2.45, 2.75) is 27.2 Å². The average molecular weight is 448 g/mol. The van der Waals surface area contributed by atoms with Gasteiger partial charge in [-0.05, 0) is 60.0 Å². The highest BCUT2D eigenvalue weighted by atomic mass is 79.9. The van der Waals surface area contributed by atoms with E-state index in [2.05, 4.69) is 31.5 Å². The lowest BCUT2D eigenvalue weighted by Gasteiger charge is -2.15. The second-order valence-electron chi connectivity index (χ2n) is 6.16. The van der Waals surface area contributed by atoms with Gasteiger partial charge in [0, 0.05) is 16.7 Å². The first-order valence-corrected chi connectivity index (χ1v) is 9.54. The number of carbonyl (C=O) groups is 3. The molecule has 0 spiro atoms. The van der Waals surface area contributed by atoms with E-state index in [4.69, 9.17) is 4.74 Å². The predicted molar refractivity (Wildman–Crippen MR) is 110 cm³/mol. The van der Waals surface area contributed by atoms with Gasteiger partial charge in [0.15, 0.2) is 0 Å². The molecule has 8 heteroatoms. The summed E-state index contributed by atoms with van der Waals surface area (Å²) in [5.74, 6) is -1.55. The number of carbonyl (C=O) groups excluding carboxylic acids is 3. The lowest BCUT2D eigenvalue weighted by Crippen LogP contribution is -2.29. The quantitative estimate of drug-likeness (QED) is 0.658. The maximum Gasteiger partial charge on any atom is 0.341 e. The number of hydrogen-bond acceptors (Lipinski definition) is 5. The minimum atomic E-state index is -0.589. The van der Waals surface area contributed by atoms with E-state index < -0.39 is 17.8 Å². The maximum atomic E-state index is 13.0. The van der Waals surface area contributed by atoms with Gasteiger partial charge in [-0.15, -0.1) is 0 Å². The third kappa shape index (κ3) is 4.75. The molecule has 2 rings (SSSR count). The van der Waals surface area contributed by atoms with E-state index >= 15 is 0 Å². The lowest BCUT2D eigenvalue weighted by molar-refractivity contribution is 0.0600. The minimum Gasteiger partial charge on any atom is -0.465 e. The molecule has 1 aromatic carbocycles. The fraction of sp³-hybridized carbons (Fsp3) is 0.300. The summed E-state index contributed by atoms with van der Waals surface area (Å²) in [6.45, 7) is 5.91. The molecule has 0 bridgehead atoms. The van der Waals surface area contributed by atoms with Crippen molar-refractivity contribution in [3.05, 3.63) is 56.8 Å². The van der Waals surface area contributed by atoms with Gasteiger partial charge in [0.1, 0.15) is 5.69 Å². The molecule has 2 aromatic rings. The third-order valence-corrected chi connectivity index (χ3v) is 4.68. The molecule has 1 heterocycles. The molecule has 1 aromatic heterocycles. The van der Waals surface area contributed by atoms with Gasteiger partial charge < -0.3 is 15.4 Å². The molecule has 0 unspecified atom stereocenters. The van der Waals surface area contributed by atoms with Gasteiger partial charge >= 0.3 is 5.97 Å². The van der Waals surface area contributed by atoms with Gasteiger partial charge in [-0.3, -0.25) is 9.59 Å². The number of aromatic nitrogens is 1. The molecule has 0 aliphatic rings. The van der Waals surface area contributed by atoms with Gasteiger partial charge in [0.2, 0.25) is 0 Å². The Morgan fingerprint density at radius 3 is 2.46 bits per heavy atom. The highest BCUT2D eigenvalue weighted by Gasteiger charge is 2.23. The molecular weight excluding hydrogens is 426 g/mol. The van der Waals surface area contributed by atoms with Crippen molar-refractivity contribution in [3.8, 4) is 0 Å². The Hall–Kier alpha value is -2.74. The average Bonchev–Trinajstić information content (AvgIpc) is 2.68. The Bertz CT molecular complexity index is 928. The zero-order valence-corrected chi connectivity index (χ0v) is 17.8. The number of aryl methyl sites for hydroxylation is 2. The van der Waals surface area contributed by atoms with Gasteiger partial charge in [0.25, 0.3) is 11.8 Å². The van der Waals surface area contributed by atoms with Crippen molar-refractivity contribution in [1.29, 1.82) is 0 Å². The van der Waals surface area contributed by atoms with E-state index in [1.165, 1.54) is 7.11 Å². The highest BCUT2D eigenvalue weighted by molar-refractivity contribution is 9.10. The molecular formula is C20H22BrN3O4. The SMILES string of the molecule is CCCNC(=O)c1nc(C)ccc1C(=O)Nc1c(C)ccc(Br)c1C(=O)OC. The standard InChI is InChI=1S/C20H22BrN3O4/c1-5-10-22-19(26)17-13(8-7-12(3)23-17)18(25)24-16-11(2)6-9-14(21)15(16)20(27)28-4/h6-9H,5,10H2,1-4H3,(H,22,26)(H,24,25). The molecule has 0 fully saturated rings. The topological polar surface area (TPSA) is 97.4 Å². The van der Waals surface area contributed by atoms with Crippen LogP contribution in [0.5, 0.6) is 0 Å². The summed E-state index contributed by atoms with van der Waals surface area (Å²) in [6.07, 6.45) is 0.763. The summed E-state index contributed by atoms with van der Waals surface area (Å²) in [4.78, 5) is 41.8. The summed E-state index contributed by atoms with van der Waals surface area (Å²) in [6, 6.07) is 6.66. The first-order valence-electron chi connectivity index (χ1n) is 8.74. The third-order valence-electron chi connectivity index (χ3n) is 4.02. The van der Waals surface area contributed by atoms with Gasteiger partial charge in [-0.25, -0.2) is 9.78 Å². The Balaban J connectivity index is 2.46. The molecule has 2 N–H and O–H groups in total. The number of methoxy groups -OCH3 is 1. The molecule has 7 nitrogen and oxygen atoms in total. The summed E-state index contributed by atoms with van der Waals surface area (Å²) in [7, 11) is 1.27. The molecule has 0 saturated heterocycles. The number of halogens is 1. The largest absolute Gasteiger partial charge is 0.465 e. The molecule has 2 amide bonds. The number of hydrogen-bond donors (Lipinski definition) is 2. The molecule has 0 aliphatic carbocycles. The number of benzene rings is 1. The number of amides is 2. The van der Waals surface area contributed by atoms with Crippen LogP contribution in [0.4, 0.5) is 5.69 Å². The Morgan fingerprint density at radius 2 is 1.82 bits per heavy atom. The van der Waals surface area contributed by atoms with Crippen LogP contribution in [0, 0.1) is 13.8 Å². The van der Waals surface area contributed by atoms with E-state index in [9.17, 15) is 14.4 Å². The first kappa shape index (κ1) is 21.6. The Kier molecular flexibility index (Phi) is 7.28. The summed E-state index contributed by atoms with van der Waals surface area (Å²) < 4.78 is 5.31. The van der Waals surface area contributed by atoms with Gasteiger partial charge in [-0.2, -0.15) is 0 Å². The molecule has 0 saturated carbocycles. The van der Waals surface area contributed by atoms with Gasteiger partial charge in [0.05, 0.1) is 23.9 Å². The summed E-state index contributed by atoms with van der Waals surface area (Å²) >= 11 is 3.32. The molecule has 0 radical (unpaired) electrons. The van der Waals surface area contributed by atoms with Gasteiger partial charge in [-0.1, -0.05) is 13.0 Å². The zero-order valence-electron chi connectivity index (χ0n) is 16.2. The van der Waals surface area contributed by atoms with Crippen LogP contribution >= 0.6 is 15.9 Å². The Morgan fingerprint density at radius 1 is 1.11 bits per heavy atom. The summed E-state index contributed by atoms with van der Waals surface area (Å²) in [5.41, 5.74) is 1.97.